The summed E-state index contributed by atoms with van der Waals surface area (Å²) in [6.07, 6.45) is -4.64. The Morgan fingerprint density at radius 2 is 1.90 bits per heavy atom. The van der Waals surface area contributed by atoms with Gasteiger partial charge in [-0.2, -0.15) is 13.2 Å². The van der Waals surface area contributed by atoms with E-state index >= 15 is 0 Å². The lowest BCUT2D eigenvalue weighted by Crippen LogP contribution is -2.34. The van der Waals surface area contributed by atoms with Crippen molar-refractivity contribution in [1.82, 2.24) is 5.32 Å². The largest absolute Gasteiger partial charge is 0.405 e. The number of carbonyl (C=O) groups excluding carboxylic acids is 1. The molecule has 0 saturated carbocycles. The van der Waals surface area contributed by atoms with Gasteiger partial charge in [0.15, 0.2) is 0 Å². The zero-order chi connectivity index (χ0) is 15.7. The Bertz CT molecular complexity index is 641. The third-order valence-electron chi connectivity index (χ3n) is 2.31. The Morgan fingerprint density at radius 3 is 2.35 bits per heavy atom. The molecule has 0 radical (unpaired) electrons. The van der Waals surface area contributed by atoms with Gasteiger partial charge in [0.25, 0.3) is 5.91 Å². The average Bonchev–Trinajstić information content (AvgIpc) is 2.26. The van der Waals surface area contributed by atoms with E-state index in [0.717, 1.165) is 13.0 Å². The van der Waals surface area contributed by atoms with Crippen molar-refractivity contribution in [2.24, 2.45) is 5.14 Å². The molecule has 0 unspecified atom stereocenters. The van der Waals surface area contributed by atoms with Crippen LogP contribution in [0.3, 0.4) is 0 Å². The molecular formula is C10H10F4N2O3S. The monoisotopic (exact) mass is 314 g/mol. The van der Waals surface area contributed by atoms with Crippen molar-refractivity contribution in [2.75, 3.05) is 6.54 Å². The molecule has 0 aromatic heterocycles. The molecule has 0 aliphatic rings. The lowest BCUT2D eigenvalue weighted by atomic mass is 10.1. The maximum Gasteiger partial charge on any atom is 0.405 e. The molecule has 1 aromatic rings. The van der Waals surface area contributed by atoms with Gasteiger partial charge in [-0.25, -0.2) is 17.9 Å². The van der Waals surface area contributed by atoms with Crippen LogP contribution in [0.4, 0.5) is 17.6 Å². The van der Waals surface area contributed by atoms with E-state index in [9.17, 15) is 30.8 Å². The van der Waals surface area contributed by atoms with Gasteiger partial charge in [0, 0.05) is 11.1 Å². The number of hydrogen-bond acceptors (Lipinski definition) is 3. The van der Waals surface area contributed by atoms with Gasteiger partial charge in [-0.1, -0.05) is 0 Å². The minimum absolute atomic E-state index is 0.320. The van der Waals surface area contributed by atoms with Gasteiger partial charge in [0.2, 0.25) is 10.0 Å². The number of alkyl halides is 3. The summed E-state index contributed by atoms with van der Waals surface area (Å²) in [6.45, 7) is -0.501. The number of nitrogens with two attached hydrogens (primary N) is 1. The van der Waals surface area contributed by atoms with Crippen molar-refractivity contribution < 1.29 is 30.8 Å². The highest BCUT2D eigenvalue weighted by molar-refractivity contribution is 7.89. The molecular weight excluding hydrogens is 304 g/mol. The van der Waals surface area contributed by atoms with Crippen LogP contribution in [0.15, 0.2) is 17.0 Å². The van der Waals surface area contributed by atoms with Gasteiger partial charge < -0.3 is 5.32 Å². The third-order valence-corrected chi connectivity index (χ3v) is 3.35. The summed E-state index contributed by atoms with van der Waals surface area (Å²) in [5.41, 5.74) is -0.888. The number of hydrogen-bond donors (Lipinski definition) is 2. The van der Waals surface area contributed by atoms with Crippen LogP contribution in [0.25, 0.3) is 0 Å². The van der Waals surface area contributed by atoms with Gasteiger partial charge >= 0.3 is 6.18 Å². The van der Waals surface area contributed by atoms with E-state index in [0.29, 0.717) is 6.07 Å². The van der Waals surface area contributed by atoms with E-state index in [1.165, 1.54) is 5.32 Å². The molecule has 0 bridgehead atoms. The Balaban J connectivity index is 3.15. The van der Waals surface area contributed by atoms with Crippen LogP contribution in [-0.4, -0.2) is 27.0 Å². The van der Waals surface area contributed by atoms with Crippen LogP contribution in [-0.2, 0) is 10.0 Å². The summed E-state index contributed by atoms with van der Waals surface area (Å²) in [4.78, 5) is 10.8. The maximum absolute atomic E-state index is 13.5. The molecule has 1 amide bonds. The second-order valence-corrected chi connectivity index (χ2v) is 5.45. The van der Waals surface area contributed by atoms with Crippen molar-refractivity contribution in [3.05, 3.63) is 29.1 Å². The molecule has 20 heavy (non-hydrogen) atoms. The van der Waals surface area contributed by atoms with Gasteiger partial charge in [-0.05, 0) is 19.1 Å². The van der Waals surface area contributed by atoms with Crippen molar-refractivity contribution >= 4 is 15.9 Å². The molecule has 3 N–H and O–H groups in total. The normalized spacial score (nSPS) is 12.3. The highest BCUT2D eigenvalue weighted by Gasteiger charge is 2.28. The van der Waals surface area contributed by atoms with Crippen LogP contribution in [0, 0.1) is 12.7 Å². The van der Waals surface area contributed by atoms with Crippen LogP contribution in [0.2, 0.25) is 0 Å². The molecule has 0 aliphatic carbocycles. The summed E-state index contributed by atoms with van der Waals surface area (Å²) >= 11 is 0. The summed E-state index contributed by atoms with van der Waals surface area (Å²) in [6, 6.07) is 1.36. The molecule has 0 fully saturated rings. The maximum atomic E-state index is 13.5. The van der Waals surface area contributed by atoms with E-state index in [2.05, 4.69) is 0 Å². The molecule has 0 spiro atoms. The number of primary sulfonamides is 1. The summed E-state index contributed by atoms with van der Waals surface area (Å²) in [7, 11) is -4.30. The van der Waals surface area contributed by atoms with Crippen molar-refractivity contribution in [3.8, 4) is 0 Å². The number of benzene rings is 1. The fraction of sp³-hybridized carbons (Fsp3) is 0.300. The first kappa shape index (κ1) is 16.4. The molecule has 0 aliphatic heterocycles. The quantitative estimate of drug-likeness (QED) is 0.818. The number of halogens is 4. The van der Waals surface area contributed by atoms with E-state index in [1.807, 2.05) is 0 Å². The third kappa shape index (κ3) is 4.17. The second-order valence-electron chi connectivity index (χ2n) is 3.92. The topological polar surface area (TPSA) is 89.3 Å². The van der Waals surface area contributed by atoms with Gasteiger partial charge in [-0.3, -0.25) is 4.79 Å². The Hall–Kier alpha value is -1.68. The number of amides is 1. The van der Waals surface area contributed by atoms with E-state index in [1.54, 1.807) is 0 Å². The fourth-order valence-electron chi connectivity index (χ4n) is 1.36. The van der Waals surface area contributed by atoms with E-state index in [4.69, 9.17) is 5.14 Å². The molecule has 1 aromatic carbocycles. The minimum atomic E-state index is -4.64. The zero-order valence-electron chi connectivity index (χ0n) is 10.1. The van der Waals surface area contributed by atoms with Gasteiger partial charge in [0.05, 0.1) is 4.90 Å². The molecule has 0 heterocycles. The van der Waals surface area contributed by atoms with Crippen LogP contribution < -0.4 is 10.5 Å². The molecule has 0 atom stereocenters. The lowest BCUT2D eigenvalue weighted by molar-refractivity contribution is -0.123. The first-order chi connectivity index (χ1) is 8.92. The molecule has 10 heteroatoms. The highest BCUT2D eigenvalue weighted by atomic mass is 32.2. The van der Waals surface area contributed by atoms with E-state index in [-0.39, 0.29) is 5.56 Å². The standard InChI is InChI=1S/C10H10F4N2O3S/c1-5-7(11)2-6(3-8(5)20(15,18)19)9(17)16-4-10(12,13)14/h2-3H,4H2,1H3,(H,16,17)(H2,15,18,19). The van der Waals surface area contributed by atoms with Crippen molar-refractivity contribution in [2.45, 2.75) is 18.0 Å². The first-order valence-corrected chi connectivity index (χ1v) is 6.64. The number of carbonyl (C=O) groups is 1. The van der Waals surface area contributed by atoms with Gasteiger partial charge in [0.1, 0.15) is 12.4 Å². The van der Waals surface area contributed by atoms with Crippen LogP contribution in [0.5, 0.6) is 0 Å². The lowest BCUT2D eigenvalue weighted by Gasteiger charge is -2.10. The summed E-state index contributed by atoms with van der Waals surface area (Å²) < 4.78 is 71.7. The second kappa shape index (κ2) is 5.37. The van der Waals surface area contributed by atoms with Crippen molar-refractivity contribution in [3.63, 3.8) is 0 Å². The summed E-state index contributed by atoms with van der Waals surface area (Å²) in [5, 5.41) is 6.33. The smallest absolute Gasteiger partial charge is 0.343 e. The Labute approximate surface area is 111 Å². The molecule has 112 valence electrons. The fourth-order valence-corrected chi connectivity index (χ4v) is 2.18. The molecule has 1 rings (SSSR count). The van der Waals surface area contributed by atoms with E-state index < -0.39 is 44.9 Å². The van der Waals surface area contributed by atoms with Gasteiger partial charge in [-0.15, -0.1) is 0 Å². The number of sulfonamides is 1. The minimum Gasteiger partial charge on any atom is -0.343 e. The predicted molar refractivity (Wildman–Crippen MR) is 60.9 cm³/mol. The molecule has 0 saturated heterocycles. The SMILES string of the molecule is Cc1c(F)cc(C(=O)NCC(F)(F)F)cc1S(N)(=O)=O. The first-order valence-electron chi connectivity index (χ1n) is 5.10. The zero-order valence-corrected chi connectivity index (χ0v) is 10.9. The van der Waals surface area contributed by atoms with Crippen LogP contribution >= 0.6 is 0 Å². The average molecular weight is 314 g/mol. The highest BCUT2D eigenvalue weighted by Crippen LogP contribution is 2.20. The van der Waals surface area contributed by atoms with Crippen molar-refractivity contribution in [1.29, 1.82) is 0 Å². The predicted octanol–water partition coefficient (Wildman–Crippen LogP) is 1.07. The Kier molecular flexibility index (Phi) is 4.39. The summed E-state index contributed by atoms with van der Waals surface area (Å²) in [5.74, 6) is -2.32. The Morgan fingerprint density at radius 1 is 1.35 bits per heavy atom. The molecule has 5 nitrogen and oxygen atoms in total. The van der Waals surface area contributed by atoms with Crippen LogP contribution in [0.1, 0.15) is 15.9 Å². The number of nitrogens with one attached hydrogen (secondary N) is 1. The number of rotatable bonds is 3.